The highest BCUT2D eigenvalue weighted by Crippen LogP contribution is 2.40. The first kappa shape index (κ1) is 70.4. The fourth-order valence-corrected chi connectivity index (χ4v) is 15.9. The summed E-state index contributed by atoms with van der Waals surface area (Å²) in [5, 5.41) is 0. The van der Waals surface area contributed by atoms with Crippen molar-refractivity contribution in [2.45, 2.75) is 110 Å². The van der Waals surface area contributed by atoms with Crippen molar-refractivity contribution in [2.75, 3.05) is 0 Å². The smallest absolute Gasteiger partial charge is 0.134 e. The van der Waals surface area contributed by atoms with E-state index in [-0.39, 0.29) is 0 Å². The second kappa shape index (κ2) is 35.5. The van der Waals surface area contributed by atoms with Crippen LogP contribution in [0.1, 0.15) is 87.6 Å². The summed E-state index contributed by atoms with van der Waals surface area (Å²) in [5.74, 6) is 1.83. The Balaban J connectivity index is 0.000000142. The maximum absolute atomic E-state index is 5.94. The van der Waals surface area contributed by atoms with Gasteiger partial charge >= 0.3 is 0 Å². The van der Waals surface area contributed by atoms with Crippen molar-refractivity contribution in [1.29, 1.82) is 0 Å². The number of aryl methyl sites for hydroxylation is 14. The first-order valence-electron chi connectivity index (χ1n) is 31.4. The Bertz CT molecular complexity index is 4050. The van der Waals surface area contributed by atoms with E-state index in [1.165, 1.54) is 124 Å². The van der Waals surface area contributed by atoms with Gasteiger partial charge in [-0.25, -0.2) is 0 Å². The molecule has 8 heterocycles. The van der Waals surface area contributed by atoms with Gasteiger partial charge < -0.3 is 4.42 Å². The number of thiophene rings is 7. The van der Waals surface area contributed by atoms with Crippen LogP contribution in [-0.4, -0.2) is 0 Å². The van der Waals surface area contributed by atoms with E-state index in [0.717, 1.165) is 35.5 Å². The second-order valence-corrected chi connectivity index (χ2v) is 31.7. The molecule has 0 saturated carbocycles. The van der Waals surface area contributed by atoms with Gasteiger partial charge in [0.25, 0.3) is 0 Å². The van der Waals surface area contributed by atoms with Gasteiger partial charge in [-0.05, 0) is 215 Å². The van der Waals surface area contributed by atoms with E-state index in [4.69, 9.17) is 4.42 Å². The van der Waals surface area contributed by atoms with Crippen LogP contribution in [0.2, 0.25) is 0 Å². The molecule has 8 heteroatoms. The fraction of sp³-hybridized carbons (Fsp3) is 0.190. The van der Waals surface area contributed by atoms with Crippen LogP contribution >= 0.6 is 79.4 Å². The van der Waals surface area contributed by atoms with E-state index in [1.54, 1.807) is 0 Å². The molecule has 14 aromatic rings. The Hall–Kier alpha value is -7.50. The van der Waals surface area contributed by atoms with Crippen molar-refractivity contribution >= 4 is 79.4 Å². The molecule has 8 aromatic heterocycles. The van der Waals surface area contributed by atoms with Crippen LogP contribution in [0.15, 0.2) is 247 Å². The highest BCUT2D eigenvalue weighted by molar-refractivity contribution is 7.26. The van der Waals surface area contributed by atoms with Crippen LogP contribution in [-0.2, 0) is 12.8 Å². The highest BCUT2D eigenvalue weighted by Gasteiger charge is 2.10. The molecule has 0 aliphatic rings. The van der Waals surface area contributed by atoms with Gasteiger partial charge in [-0.2, -0.15) is 0 Å². The van der Waals surface area contributed by atoms with Crippen LogP contribution in [0.4, 0.5) is 0 Å². The lowest BCUT2D eigenvalue weighted by Gasteiger charge is -1.99. The number of hydrogen-bond donors (Lipinski definition) is 0. The zero-order valence-corrected chi connectivity index (χ0v) is 61.5. The third-order valence-electron chi connectivity index (χ3n) is 14.7. The Morgan fingerprint density at radius 2 is 0.489 bits per heavy atom. The number of rotatable bonds is 9. The predicted molar refractivity (Wildman–Crippen MR) is 416 cm³/mol. The van der Waals surface area contributed by atoms with Crippen molar-refractivity contribution in [2.24, 2.45) is 0 Å². The third-order valence-corrected chi connectivity index (χ3v) is 22.5. The largest absolute Gasteiger partial charge is 0.456 e. The van der Waals surface area contributed by atoms with Crippen molar-refractivity contribution in [1.82, 2.24) is 0 Å². The van der Waals surface area contributed by atoms with Crippen molar-refractivity contribution in [3.05, 3.63) is 316 Å². The summed E-state index contributed by atoms with van der Waals surface area (Å²) in [6.07, 6.45) is 2.28. The zero-order chi connectivity index (χ0) is 65.5. The monoisotopic (exact) mass is 1330 g/mol. The molecular formula is C84H86OS7. The summed E-state index contributed by atoms with van der Waals surface area (Å²) >= 11 is 13.0. The van der Waals surface area contributed by atoms with Gasteiger partial charge in [0, 0.05) is 79.4 Å². The molecule has 0 radical (unpaired) electrons. The quantitative estimate of drug-likeness (QED) is 0.140. The van der Waals surface area contributed by atoms with Crippen LogP contribution in [0.5, 0.6) is 0 Å². The molecule has 6 aromatic carbocycles. The molecule has 0 spiro atoms. The molecular weight excluding hydrogens is 1250 g/mol. The summed E-state index contributed by atoms with van der Waals surface area (Å²) < 4.78 is 5.94. The molecule has 0 bridgehead atoms. The number of furan rings is 1. The van der Waals surface area contributed by atoms with Gasteiger partial charge in [0.05, 0.1) is 0 Å². The Morgan fingerprint density at radius 3 is 0.772 bits per heavy atom. The maximum Gasteiger partial charge on any atom is 0.134 e. The molecule has 0 aliphatic carbocycles. The van der Waals surface area contributed by atoms with E-state index >= 15 is 0 Å². The first-order chi connectivity index (χ1) is 44.4. The fourth-order valence-electron chi connectivity index (χ4n) is 9.35. The predicted octanol–water partition coefficient (Wildman–Crippen LogP) is 28.3. The van der Waals surface area contributed by atoms with E-state index in [9.17, 15) is 0 Å². The first-order valence-corrected chi connectivity index (χ1v) is 37.1. The zero-order valence-electron chi connectivity index (χ0n) is 55.8. The van der Waals surface area contributed by atoms with E-state index < -0.39 is 0 Å². The standard InChI is InChI=1S/C18H16O.C18H16S.C14H12S3.C10H10S2.2C9H12.C6H8S/c2*1-13-3-7-15(8-4-13)17-11-12-18(19-17)16-9-5-14(2)6-10-16;1-9-3-5-11(15-9)13-7-8-14(17-13)12-6-4-10(2)16-12;1-7-3-5-9(11-7)10-6-4-8(2)12-10;1-3-9-6-4-8(2)5-7-9;1-3-9-6-4-5-8(2)7-9;1-5-3-4-6(2)7-5/h2*3-12H,1-2H3;3-8H,1-2H3;3-6H,1-2H3;2*4-7H,3H2,1-2H3;3-4H,1-2H3. The lowest BCUT2D eigenvalue weighted by Crippen LogP contribution is -1.78. The van der Waals surface area contributed by atoms with Crippen LogP contribution < -0.4 is 0 Å². The van der Waals surface area contributed by atoms with Gasteiger partial charge in [0.1, 0.15) is 11.5 Å². The molecule has 0 unspecified atom stereocenters. The maximum atomic E-state index is 5.94. The topological polar surface area (TPSA) is 13.1 Å². The third kappa shape index (κ3) is 22.4. The molecule has 0 aliphatic heterocycles. The molecule has 0 atom stereocenters. The minimum absolute atomic E-state index is 0.913. The summed E-state index contributed by atoms with van der Waals surface area (Å²) in [7, 11) is 0. The Labute approximate surface area is 577 Å². The van der Waals surface area contributed by atoms with E-state index in [0.29, 0.717) is 0 Å². The molecule has 0 fully saturated rings. The molecule has 1 nitrogen and oxygen atoms in total. The number of benzene rings is 6. The van der Waals surface area contributed by atoms with Gasteiger partial charge in [-0.15, -0.1) is 79.4 Å². The molecule has 0 N–H and O–H groups in total. The van der Waals surface area contributed by atoms with Gasteiger partial charge in [0.2, 0.25) is 0 Å². The van der Waals surface area contributed by atoms with Crippen LogP contribution in [0, 0.1) is 83.1 Å². The Kier molecular flexibility index (Phi) is 27.2. The molecule has 14 rings (SSSR count). The minimum atomic E-state index is 0.913. The van der Waals surface area contributed by atoms with Crippen LogP contribution in [0.3, 0.4) is 0 Å². The van der Waals surface area contributed by atoms with Crippen molar-refractivity contribution < 1.29 is 4.42 Å². The van der Waals surface area contributed by atoms with Gasteiger partial charge in [0.15, 0.2) is 0 Å². The molecule has 92 heavy (non-hydrogen) atoms. The van der Waals surface area contributed by atoms with Crippen molar-refractivity contribution in [3.63, 3.8) is 0 Å². The molecule has 0 amide bonds. The normalized spacial score (nSPS) is 10.4. The minimum Gasteiger partial charge on any atom is -0.456 e. The lowest BCUT2D eigenvalue weighted by molar-refractivity contribution is 0.597. The van der Waals surface area contributed by atoms with Crippen LogP contribution in [0.25, 0.3) is 72.8 Å². The highest BCUT2D eigenvalue weighted by atomic mass is 32.1. The summed E-state index contributed by atoms with van der Waals surface area (Å²) in [6, 6.07) is 86.3. The van der Waals surface area contributed by atoms with Crippen molar-refractivity contribution in [3.8, 4) is 72.8 Å². The summed E-state index contributed by atoms with van der Waals surface area (Å²) in [4.78, 5) is 19.3. The SMILES string of the molecule is CCc1ccc(C)cc1.CCc1cccc(C)c1.Cc1ccc(-c2ccc(-c3ccc(C)cc3)o2)cc1.Cc1ccc(-c2ccc(-c3ccc(C)cc3)s2)cc1.Cc1ccc(-c2ccc(-c3ccc(C)s3)s2)s1.Cc1ccc(-c2ccc(C)s2)s1.Cc1ccc(C)s1. The number of hydrogen-bond acceptors (Lipinski definition) is 8. The lowest BCUT2D eigenvalue weighted by atomic mass is 10.1. The summed E-state index contributed by atoms with van der Waals surface area (Å²) in [5.41, 5.74) is 15.5. The summed E-state index contributed by atoms with van der Waals surface area (Å²) in [6.45, 7) is 29.9. The Morgan fingerprint density at radius 1 is 0.217 bits per heavy atom. The van der Waals surface area contributed by atoms with Gasteiger partial charge in [-0.3, -0.25) is 0 Å². The second-order valence-electron chi connectivity index (χ2n) is 22.9. The van der Waals surface area contributed by atoms with E-state index in [2.05, 4.69) is 327 Å². The van der Waals surface area contributed by atoms with Gasteiger partial charge in [-0.1, -0.05) is 193 Å². The average Bonchev–Trinajstić information content (AvgIpc) is 1.92. The van der Waals surface area contributed by atoms with E-state index in [1.807, 2.05) is 91.5 Å². The molecule has 0 saturated heterocycles. The average molecular weight is 1340 g/mol. The molecule has 470 valence electrons.